The number of hydrogen-bond donors (Lipinski definition) is 2. The molecule has 4 heteroatoms. The molecule has 0 aliphatic heterocycles. The number of benzene rings is 1. The van der Waals surface area contributed by atoms with Crippen LogP contribution in [0, 0.1) is 0 Å². The van der Waals surface area contributed by atoms with Crippen LogP contribution in [-0.4, -0.2) is 22.2 Å². The van der Waals surface area contributed by atoms with Crippen LogP contribution in [0.4, 0.5) is 0 Å². The molecule has 0 spiro atoms. The molecule has 0 atom stereocenters. The number of hydrogen-bond acceptors (Lipinski definition) is 2. The van der Waals surface area contributed by atoms with Gasteiger partial charge in [-0.3, -0.25) is 0 Å². The first-order valence-corrected chi connectivity index (χ1v) is 8.03. The summed E-state index contributed by atoms with van der Waals surface area (Å²) in [7, 11) is 0. The van der Waals surface area contributed by atoms with E-state index < -0.39 is 17.4 Å². The lowest BCUT2D eigenvalue weighted by atomic mass is 9.69. The third-order valence-corrected chi connectivity index (χ3v) is 4.67. The maximum atomic E-state index is 11.6. The van der Waals surface area contributed by atoms with Gasteiger partial charge in [-0.05, 0) is 42.4 Å². The number of rotatable bonds is 9. The van der Waals surface area contributed by atoms with Crippen molar-refractivity contribution < 1.29 is 19.8 Å². The van der Waals surface area contributed by atoms with Crippen LogP contribution in [0.2, 0.25) is 0 Å². The van der Waals surface area contributed by atoms with Crippen molar-refractivity contribution in [3.8, 4) is 0 Å². The van der Waals surface area contributed by atoms with Crippen LogP contribution in [-0.2, 0) is 5.41 Å². The van der Waals surface area contributed by atoms with Gasteiger partial charge in [0.05, 0.1) is 11.1 Å². The molecule has 0 aliphatic carbocycles. The Morgan fingerprint density at radius 3 is 1.82 bits per heavy atom. The molecule has 0 heterocycles. The molecule has 122 valence electrons. The zero-order valence-electron chi connectivity index (χ0n) is 13.7. The summed E-state index contributed by atoms with van der Waals surface area (Å²) in [6, 6.07) is 4.55. The van der Waals surface area contributed by atoms with Gasteiger partial charge in [0.1, 0.15) is 0 Å². The van der Waals surface area contributed by atoms with Crippen LogP contribution >= 0.6 is 0 Å². The van der Waals surface area contributed by atoms with E-state index in [1.807, 2.05) is 13.8 Å². The molecule has 4 nitrogen and oxygen atoms in total. The van der Waals surface area contributed by atoms with Gasteiger partial charge >= 0.3 is 11.9 Å². The summed E-state index contributed by atoms with van der Waals surface area (Å²) in [5.74, 6) is -2.11. The fourth-order valence-corrected chi connectivity index (χ4v) is 3.28. The lowest BCUT2D eigenvalue weighted by molar-refractivity contribution is 0.0690. The van der Waals surface area contributed by atoms with E-state index >= 15 is 0 Å². The smallest absolute Gasteiger partial charge is 0.336 e. The monoisotopic (exact) mass is 306 g/mol. The van der Waals surface area contributed by atoms with E-state index in [1.165, 1.54) is 18.2 Å². The fraction of sp³-hybridized carbons (Fsp3) is 0.556. The molecular weight excluding hydrogens is 280 g/mol. The Balaban J connectivity index is 3.51. The molecule has 1 aromatic carbocycles. The highest BCUT2D eigenvalue weighted by Crippen LogP contribution is 2.41. The molecule has 22 heavy (non-hydrogen) atoms. The van der Waals surface area contributed by atoms with Crippen LogP contribution in [0.3, 0.4) is 0 Å². The van der Waals surface area contributed by atoms with Crippen LogP contribution in [0.25, 0.3) is 0 Å². The summed E-state index contributed by atoms with van der Waals surface area (Å²) in [6.07, 6.45) is 5.41. The van der Waals surface area contributed by atoms with Crippen LogP contribution in [0.5, 0.6) is 0 Å². The lowest BCUT2D eigenvalue weighted by Gasteiger charge is -2.35. The highest BCUT2D eigenvalue weighted by atomic mass is 16.4. The predicted molar refractivity (Wildman–Crippen MR) is 86.8 cm³/mol. The van der Waals surface area contributed by atoms with E-state index in [9.17, 15) is 19.8 Å². The molecule has 0 amide bonds. The van der Waals surface area contributed by atoms with E-state index in [4.69, 9.17) is 0 Å². The van der Waals surface area contributed by atoms with E-state index in [0.29, 0.717) is 5.56 Å². The lowest BCUT2D eigenvalue weighted by Crippen LogP contribution is -2.30. The second kappa shape index (κ2) is 7.97. The van der Waals surface area contributed by atoms with Crippen molar-refractivity contribution in [1.82, 2.24) is 0 Å². The van der Waals surface area contributed by atoms with Gasteiger partial charge in [0.2, 0.25) is 0 Å². The van der Waals surface area contributed by atoms with E-state index in [2.05, 4.69) is 6.92 Å². The summed E-state index contributed by atoms with van der Waals surface area (Å²) in [5.41, 5.74) is 0.356. The zero-order chi connectivity index (χ0) is 16.8. The molecule has 2 N–H and O–H groups in total. The van der Waals surface area contributed by atoms with Crippen molar-refractivity contribution in [1.29, 1.82) is 0 Å². The first-order valence-electron chi connectivity index (χ1n) is 8.03. The molecule has 0 saturated heterocycles. The highest BCUT2D eigenvalue weighted by Gasteiger charge is 2.35. The highest BCUT2D eigenvalue weighted by molar-refractivity contribution is 5.97. The molecule has 0 unspecified atom stereocenters. The van der Waals surface area contributed by atoms with Gasteiger partial charge in [0.25, 0.3) is 0 Å². The van der Waals surface area contributed by atoms with Crippen LogP contribution in [0.1, 0.15) is 85.6 Å². The second-order valence-corrected chi connectivity index (χ2v) is 5.78. The predicted octanol–water partition coefficient (Wildman–Crippen LogP) is 4.72. The van der Waals surface area contributed by atoms with Gasteiger partial charge in [-0.1, -0.05) is 46.1 Å². The van der Waals surface area contributed by atoms with Crippen molar-refractivity contribution in [3.05, 3.63) is 34.9 Å². The largest absolute Gasteiger partial charge is 0.478 e. The van der Waals surface area contributed by atoms with E-state index in [0.717, 1.165) is 38.5 Å². The van der Waals surface area contributed by atoms with Gasteiger partial charge in [-0.25, -0.2) is 9.59 Å². The minimum absolute atomic E-state index is 0.125. The van der Waals surface area contributed by atoms with Crippen molar-refractivity contribution in [2.75, 3.05) is 0 Å². The summed E-state index contributed by atoms with van der Waals surface area (Å²) >= 11 is 0. The van der Waals surface area contributed by atoms with E-state index in [-0.39, 0.29) is 11.1 Å². The van der Waals surface area contributed by atoms with Crippen molar-refractivity contribution in [3.63, 3.8) is 0 Å². The Hall–Kier alpha value is -1.84. The van der Waals surface area contributed by atoms with Crippen molar-refractivity contribution in [2.45, 2.75) is 64.7 Å². The van der Waals surface area contributed by atoms with E-state index in [1.54, 1.807) is 0 Å². The van der Waals surface area contributed by atoms with Gasteiger partial charge in [-0.15, -0.1) is 0 Å². The molecule has 0 aromatic heterocycles. The third-order valence-electron chi connectivity index (χ3n) is 4.67. The molecule has 0 saturated carbocycles. The van der Waals surface area contributed by atoms with Crippen LogP contribution in [0.15, 0.2) is 18.2 Å². The number of carboxylic acids is 2. The Kier molecular flexibility index (Phi) is 6.60. The molecule has 0 radical (unpaired) electrons. The summed E-state index contributed by atoms with van der Waals surface area (Å²) in [6.45, 7) is 6.15. The van der Waals surface area contributed by atoms with Gasteiger partial charge in [-0.2, -0.15) is 0 Å². The summed E-state index contributed by atoms with van der Waals surface area (Å²) in [5, 5.41) is 19.0. The average Bonchev–Trinajstić information content (AvgIpc) is 2.51. The van der Waals surface area contributed by atoms with Crippen molar-refractivity contribution >= 4 is 11.9 Å². The van der Waals surface area contributed by atoms with Gasteiger partial charge < -0.3 is 10.2 Å². The molecule has 0 fully saturated rings. The Bertz CT molecular complexity index is 498. The Labute approximate surface area is 132 Å². The second-order valence-electron chi connectivity index (χ2n) is 5.78. The fourth-order valence-electron chi connectivity index (χ4n) is 3.28. The zero-order valence-corrected chi connectivity index (χ0v) is 13.7. The van der Waals surface area contributed by atoms with Crippen LogP contribution < -0.4 is 0 Å². The van der Waals surface area contributed by atoms with Gasteiger partial charge in [0.15, 0.2) is 0 Å². The molecule has 1 rings (SSSR count). The Morgan fingerprint density at radius 1 is 0.955 bits per heavy atom. The molecule has 0 aliphatic rings. The number of aromatic carboxylic acids is 2. The molecular formula is C18H26O4. The first kappa shape index (κ1) is 18.2. The number of carboxylic acid groups (broad SMARTS) is 2. The standard InChI is InChI=1S/C18H26O4/c1-4-7-8-12-18(5-2,6-3)15-13(16(19)20)10-9-11-14(15)17(21)22/h9-11H,4-8,12H2,1-3H3,(H,19,20)(H,21,22). The quantitative estimate of drug-likeness (QED) is 0.647. The number of carbonyl (C=O) groups is 2. The first-order chi connectivity index (χ1) is 10.4. The molecule has 0 bridgehead atoms. The number of unbranched alkanes of at least 4 members (excludes halogenated alkanes) is 2. The maximum Gasteiger partial charge on any atom is 0.336 e. The SMILES string of the molecule is CCCCCC(CC)(CC)c1c(C(=O)O)cccc1C(=O)O. The Morgan fingerprint density at radius 2 is 1.45 bits per heavy atom. The minimum atomic E-state index is -1.06. The summed E-state index contributed by atoms with van der Waals surface area (Å²) in [4.78, 5) is 23.2. The topological polar surface area (TPSA) is 74.6 Å². The maximum absolute atomic E-state index is 11.6. The third kappa shape index (κ3) is 3.67. The summed E-state index contributed by atoms with van der Waals surface area (Å²) < 4.78 is 0. The van der Waals surface area contributed by atoms with Gasteiger partial charge in [0, 0.05) is 0 Å². The van der Waals surface area contributed by atoms with Crippen molar-refractivity contribution in [2.24, 2.45) is 0 Å². The average molecular weight is 306 g/mol. The minimum Gasteiger partial charge on any atom is -0.478 e. The molecule has 1 aromatic rings. The normalized spacial score (nSPS) is 11.4.